The molecule has 8 heteroatoms. The number of thiophene rings is 2. The van der Waals surface area contributed by atoms with Gasteiger partial charge in [-0.25, -0.2) is 15.0 Å². The molecule has 63 heavy (non-hydrogen) atoms. The molecule has 0 saturated carbocycles. The van der Waals surface area contributed by atoms with Crippen molar-refractivity contribution in [2.24, 2.45) is 0 Å². The van der Waals surface area contributed by atoms with E-state index in [-0.39, 0.29) is 0 Å². The molecule has 5 aromatic heterocycles. The molecule has 12 rings (SSSR count). The van der Waals surface area contributed by atoms with Crippen LogP contribution in [0.3, 0.4) is 0 Å². The van der Waals surface area contributed by atoms with E-state index in [2.05, 4.69) is 145 Å². The number of para-hydroxylation sites is 1. The highest BCUT2D eigenvalue weighted by atomic mass is 32.1. The van der Waals surface area contributed by atoms with Crippen LogP contribution in [0.15, 0.2) is 189 Å². The van der Waals surface area contributed by atoms with Gasteiger partial charge in [-0.3, -0.25) is 4.57 Å². The van der Waals surface area contributed by atoms with Crippen LogP contribution < -0.4 is 0 Å². The highest BCUT2D eigenvalue weighted by molar-refractivity contribution is 7.26. The highest BCUT2D eigenvalue weighted by Gasteiger charge is 2.23. The van der Waals surface area contributed by atoms with Crippen molar-refractivity contribution in [1.29, 1.82) is 0 Å². The van der Waals surface area contributed by atoms with Gasteiger partial charge in [0.1, 0.15) is 0 Å². The third-order valence-electron chi connectivity index (χ3n) is 11.6. The summed E-state index contributed by atoms with van der Waals surface area (Å²) in [6.45, 7) is 8.96. The molecule has 0 spiro atoms. The largest absolute Gasteiger partial charge is 0.278 e. The maximum absolute atomic E-state index is 5.30. The van der Waals surface area contributed by atoms with E-state index >= 15 is 0 Å². The first-order valence-electron chi connectivity index (χ1n) is 20.6. The average Bonchev–Trinajstić information content (AvgIpc) is 4.03. The summed E-state index contributed by atoms with van der Waals surface area (Å²) in [4.78, 5) is 27.1. The Bertz CT molecular complexity index is 3770. The first-order chi connectivity index (χ1) is 31.1. The minimum absolute atomic E-state index is 0.543. The molecule has 7 aromatic carbocycles. The van der Waals surface area contributed by atoms with Gasteiger partial charge in [0, 0.05) is 63.6 Å². The molecule has 5 heterocycles. The predicted octanol–water partition coefficient (Wildman–Crippen LogP) is 14.7. The van der Waals surface area contributed by atoms with E-state index in [0.29, 0.717) is 23.4 Å². The van der Waals surface area contributed by atoms with Crippen LogP contribution in [0.25, 0.3) is 115 Å². The number of benzene rings is 7. The molecular weight excluding hydrogens is 809 g/mol. The molecule has 0 fully saturated rings. The molecule has 0 aliphatic rings. The Hall–Kier alpha value is -7.91. The monoisotopic (exact) mass is 842 g/mol. The molecule has 0 amide bonds. The third kappa shape index (κ3) is 6.10. The van der Waals surface area contributed by atoms with Gasteiger partial charge in [-0.1, -0.05) is 159 Å². The summed E-state index contributed by atoms with van der Waals surface area (Å²) in [6, 6.07) is 60.8. The summed E-state index contributed by atoms with van der Waals surface area (Å²) in [7, 11) is 0. The van der Waals surface area contributed by atoms with Crippen LogP contribution in [0.2, 0.25) is 0 Å². The van der Waals surface area contributed by atoms with E-state index in [4.69, 9.17) is 24.9 Å². The maximum atomic E-state index is 5.30. The van der Waals surface area contributed by atoms with Gasteiger partial charge in [0.05, 0.1) is 26.9 Å². The van der Waals surface area contributed by atoms with E-state index in [0.717, 1.165) is 97.0 Å². The number of hydrogen-bond acceptors (Lipinski definition) is 7. The van der Waals surface area contributed by atoms with Crippen molar-refractivity contribution in [1.82, 2.24) is 29.5 Å². The van der Waals surface area contributed by atoms with Crippen LogP contribution in [-0.4, -0.2) is 29.5 Å². The van der Waals surface area contributed by atoms with Gasteiger partial charge >= 0.3 is 0 Å². The SMILES string of the molecule is C=Cc1c(C(=C)c2nc(-c3ccccc3)c3sc4ccccc4c3n2)sc2ccc(-c3nc(-c4ccccc4)nc(-n4c5ccccc5c5c(-c6ccccc6)cccc54)n3)cc12. The summed E-state index contributed by atoms with van der Waals surface area (Å²) < 4.78 is 5.50. The van der Waals surface area contributed by atoms with Gasteiger partial charge in [-0.2, -0.15) is 9.97 Å². The lowest BCUT2D eigenvalue weighted by atomic mass is 9.99. The second-order valence-electron chi connectivity index (χ2n) is 15.3. The molecule has 0 radical (unpaired) electrons. The molecule has 0 aliphatic carbocycles. The number of aromatic nitrogens is 6. The van der Waals surface area contributed by atoms with Crippen molar-refractivity contribution in [2.45, 2.75) is 0 Å². The van der Waals surface area contributed by atoms with Crippen molar-refractivity contribution in [3.05, 3.63) is 205 Å². The molecule has 6 nitrogen and oxygen atoms in total. The van der Waals surface area contributed by atoms with Gasteiger partial charge in [-0.15, -0.1) is 22.7 Å². The van der Waals surface area contributed by atoms with Gasteiger partial charge < -0.3 is 0 Å². The average molecular weight is 843 g/mol. The van der Waals surface area contributed by atoms with E-state index in [1.165, 1.54) is 4.70 Å². The fourth-order valence-corrected chi connectivity index (χ4v) is 11.0. The van der Waals surface area contributed by atoms with Gasteiger partial charge in [0.2, 0.25) is 5.95 Å². The number of rotatable bonds is 8. The van der Waals surface area contributed by atoms with Crippen LogP contribution in [0.1, 0.15) is 16.3 Å². The molecule has 0 N–H and O–H groups in total. The summed E-state index contributed by atoms with van der Waals surface area (Å²) in [5.74, 6) is 2.29. The summed E-state index contributed by atoms with van der Waals surface area (Å²) >= 11 is 3.39. The van der Waals surface area contributed by atoms with Gasteiger partial charge in [0.25, 0.3) is 0 Å². The summed E-state index contributed by atoms with van der Waals surface area (Å²) in [5.41, 5.74) is 10.7. The Morgan fingerprint density at radius 3 is 1.90 bits per heavy atom. The molecule has 0 atom stereocenters. The lowest BCUT2D eigenvalue weighted by Gasteiger charge is -2.11. The lowest BCUT2D eigenvalue weighted by molar-refractivity contribution is 0.954. The summed E-state index contributed by atoms with van der Waals surface area (Å²) in [6.07, 6.45) is 1.91. The minimum atomic E-state index is 0.543. The Labute approximate surface area is 370 Å². The maximum Gasteiger partial charge on any atom is 0.238 e. The fourth-order valence-electron chi connectivity index (χ4n) is 8.70. The van der Waals surface area contributed by atoms with Crippen LogP contribution in [0.4, 0.5) is 0 Å². The van der Waals surface area contributed by atoms with Crippen molar-refractivity contribution >= 4 is 86.5 Å². The van der Waals surface area contributed by atoms with Gasteiger partial charge in [-0.05, 0) is 47.5 Å². The topological polar surface area (TPSA) is 69.4 Å². The van der Waals surface area contributed by atoms with Crippen molar-refractivity contribution < 1.29 is 0 Å². The normalized spacial score (nSPS) is 11.6. The van der Waals surface area contributed by atoms with Crippen molar-refractivity contribution in [3.63, 3.8) is 0 Å². The number of nitrogens with zero attached hydrogens (tertiary/aromatic N) is 6. The lowest BCUT2D eigenvalue weighted by Crippen LogP contribution is -2.06. The molecule has 0 saturated heterocycles. The quantitative estimate of drug-likeness (QED) is 0.152. The zero-order valence-electron chi connectivity index (χ0n) is 33.7. The first kappa shape index (κ1) is 36.9. The second kappa shape index (κ2) is 14.9. The van der Waals surface area contributed by atoms with E-state index in [9.17, 15) is 0 Å². The number of fused-ring (bicyclic) bond motifs is 7. The van der Waals surface area contributed by atoms with Crippen molar-refractivity contribution in [3.8, 4) is 51.1 Å². The van der Waals surface area contributed by atoms with E-state index in [1.807, 2.05) is 54.6 Å². The minimum Gasteiger partial charge on any atom is -0.278 e. The standard InChI is InChI=1S/C55H34N6S2/c1-3-38-42-32-37(30-31-46(42)62-50(38)33(2)52-56-48(35-20-9-5-10-21-35)51-49(57-52)41-25-14-16-29-45(41)63-51)54-58-53(36-22-11-6-12-23-36)59-55(60-54)61-43-27-15-13-24-40(43)47-39(26-17-28-44(47)61)34-18-7-4-8-19-34/h3-32H,1-2H2. The van der Waals surface area contributed by atoms with Gasteiger partial charge in [0.15, 0.2) is 17.5 Å². The Morgan fingerprint density at radius 2 is 1.14 bits per heavy atom. The van der Waals surface area contributed by atoms with Crippen LogP contribution in [0.5, 0.6) is 0 Å². The van der Waals surface area contributed by atoms with E-state index < -0.39 is 0 Å². The van der Waals surface area contributed by atoms with Crippen LogP contribution in [-0.2, 0) is 0 Å². The Balaban J connectivity index is 1.03. The van der Waals surface area contributed by atoms with Crippen molar-refractivity contribution in [2.75, 3.05) is 0 Å². The molecule has 0 bridgehead atoms. The number of hydrogen-bond donors (Lipinski definition) is 0. The second-order valence-corrected chi connectivity index (χ2v) is 17.4. The molecule has 0 aliphatic heterocycles. The van der Waals surface area contributed by atoms with E-state index in [1.54, 1.807) is 22.7 Å². The first-order valence-corrected chi connectivity index (χ1v) is 22.3. The zero-order valence-corrected chi connectivity index (χ0v) is 35.4. The van der Waals surface area contributed by atoms with Crippen LogP contribution >= 0.6 is 22.7 Å². The third-order valence-corrected chi connectivity index (χ3v) is 14.1. The Morgan fingerprint density at radius 1 is 0.508 bits per heavy atom. The molecule has 296 valence electrons. The Kier molecular flexibility index (Phi) is 8.74. The molecule has 12 aromatic rings. The smallest absolute Gasteiger partial charge is 0.238 e. The summed E-state index contributed by atoms with van der Waals surface area (Å²) in [5, 5.41) is 4.42. The highest BCUT2D eigenvalue weighted by Crippen LogP contribution is 2.43. The molecule has 0 unspecified atom stereocenters. The fraction of sp³-hybridized carbons (Fsp3) is 0. The molecular formula is C55H34N6S2. The predicted molar refractivity (Wildman–Crippen MR) is 264 cm³/mol. The zero-order chi connectivity index (χ0) is 42.0. The van der Waals surface area contributed by atoms with Crippen LogP contribution in [0, 0.1) is 0 Å².